The third-order valence-corrected chi connectivity index (χ3v) is 3.10. The van der Waals surface area contributed by atoms with Gasteiger partial charge in [-0.3, -0.25) is 9.59 Å². The molecule has 0 bridgehead atoms. The van der Waals surface area contributed by atoms with Gasteiger partial charge in [-0.25, -0.2) is 0 Å². The fraction of sp³-hybridized carbons (Fsp3) is 0.385. The van der Waals surface area contributed by atoms with Gasteiger partial charge in [-0.05, 0) is 42.2 Å². The van der Waals surface area contributed by atoms with E-state index in [1.807, 2.05) is 25.1 Å². The first-order valence-corrected chi connectivity index (χ1v) is 6.74. The van der Waals surface area contributed by atoms with Gasteiger partial charge in [-0.2, -0.15) is 0 Å². The van der Waals surface area contributed by atoms with Crippen LogP contribution in [-0.2, 0) is 4.79 Å². The number of nitrogens with zero attached hydrogens (tertiary/aromatic N) is 1. The number of likely N-dealkylation sites (N-methyl/N-ethyl adjacent to an activating group) is 1. The highest BCUT2D eigenvalue weighted by atomic mass is 79.9. The monoisotopic (exact) mass is 327 g/mol. The lowest BCUT2D eigenvalue weighted by Gasteiger charge is -2.11. The van der Waals surface area contributed by atoms with Gasteiger partial charge in [0.25, 0.3) is 5.91 Å². The first-order chi connectivity index (χ1) is 9.00. The molecule has 0 aliphatic heterocycles. The van der Waals surface area contributed by atoms with Crippen molar-refractivity contribution in [3.63, 3.8) is 0 Å². The van der Waals surface area contributed by atoms with Crippen LogP contribution in [0.3, 0.4) is 0 Å². The van der Waals surface area contributed by atoms with Crippen LogP contribution in [0.5, 0.6) is 0 Å². The van der Waals surface area contributed by atoms with E-state index in [9.17, 15) is 9.59 Å². The number of halogens is 1. The van der Waals surface area contributed by atoms with Gasteiger partial charge in [0, 0.05) is 17.6 Å². The lowest BCUT2D eigenvalue weighted by Crippen LogP contribution is -2.39. The molecule has 0 spiro atoms. The quantitative estimate of drug-likeness (QED) is 0.814. The minimum atomic E-state index is -0.268. The first-order valence-electron chi connectivity index (χ1n) is 5.95. The van der Waals surface area contributed by atoms with Crippen molar-refractivity contribution in [3.05, 3.63) is 34.3 Å². The molecule has 19 heavy (non-hydrogen) atoms. The van der Waals surface area contributed by atoms with E-state index in [-0.39, 0.29) is 18.4 Å². The summed E-state index contributed by atoms with van der Waals surface area (Å²) in [5.41, 5.74) is 0.517. The predicted molar refractivity (Wildman–Crippen MR) is 78.0 cm³/mol. The van der Waals surface area contributed by atoms with Crippen LogP contribution in [0.4, 0.5) is 0 Å². The minimum absolute atomic E-state index is 0.0202. The lowest BCUT2D eigenvalue weighted by molar-refractivity contribution is -0.120. The molecule has 0 atom stereocenters. The Labute approximate surface area is 121 Å². The van der Waals surface area contributed by atoms with Gasteiger partial charge in [0.1, 0.15) is 0 Å². The molecule has 0 aliphatic carbocycles. The number of hydrogen-bond acceptors (Lipinski definition) is 3. The van der Waals surface area contributed by atoms with E-state index in [4.69, 9.17) is 0 Å². The van der Waals surface area contributed by atoms with E-state index in [1.165, 1.54) is 0 Å². The fourth-order valence-corrected chi connectivity index (χ4v) is 1.85. The summed E-state index contributed by atoms with van der Waals surface area (Å²) in [5, 5.41) is 5.31. The summed E-state index contributed by atoms with van der Waals surface area (Å²) in [7, 11) is 3.86. The van der Waals surface area contributed by atoms with Crippen LogP contribution >= 0.6 is 15.9 Å². The number of hydrogen-bond donors (Lipinski definition) is 2. The van der Waals surface area contributed by atoms with Crippen LogP contribution in [0.2, 0.25) is 0 Å². The van der Waals surface area contributed by atoms with Gasteiger partial charge in [0.05, 0.1) is 12.1 Å². The maximum absolute atomic E-state index is 11.8. The largest absolute Gasteiger partial charge is 0.353 e. The van der Waals surface area contributed by atoms with Crippen LogP contribution < -0.4 is 10.6 Å². The summed E-state index contributed by atoms with van der Waals surface area (Å²) in [4.78, 5) is 25.3. The summed E-state index contributed by atoms with van der Waals surface area (Å²) < 4.78 is 0.709. The molecule has 1 aromatic rings. The summed E-state index contributed by atoms with van der Waals surface area (Å²) in [6.45, 7) is 1.31. The molecule has 5 nitrogen and oxygen atoms in total. The normalized spacial score (nSPS) is 10.3. The van der Waals surface area contributed by atoms with Crippen molar-refractivity contribution in [1.29, 1.82) is 0 Å². The van der Waals surface area contributed by atoms with Crippen molar-refractivity contribution >= 4 is 27.7 Å². The molecule has 2 amide bonds. The number of rotatable bonds is 6. The molecule has 6 heteroatoms. The molecular formula is C13H18BrN3O2. The molecule has 1 aromatic carbocycles. The topological polar surface area (TPSA) is 61.4 Å². The van der Waals surface area contributed by atoms with Gasteiger partial charge in [0.2, 0.25) is 5.91 Å². The Morgan fingerprint density at radius 1 is 1.21 bits per heavy atom. The van der Waals surface area contributed by atoms with E-state index in [2.05, 4.69) is 26.6 Å². The lowest BCUT2D eigenvalue weighted by atomic mass is 10.2. The Morgan fingerprint density at radius 2 is 1.89 bits per heavy atom. The van der Waals surface area contributed by atoms with E-state index in [1.54, 1.807) is 18.2 Å². The van der Waals surface area contributed by atoms with Crippen molar-refractivity contribution in [2.24, 2.45) is 0 Å². The molecule has 0 saturated heterocycles. The second-order valence-electron chi connectivity index (χ2n) is 4.32. The van der Waals surface area contributed by atoms with Gasteiger partial charge in [-0.1, -0.05) is 12.1 Å². The zero-order valence-electron chi connectivity index (χ0n) is 11.1. The number of carbonyl (C=O) groups is 2. The van der Waals surface area contributed by atoms with Gasteiger partial charge in [-0.15, -0.1) is 0 Å². The van der Waals surface area contributed by atoms with Crippen LogP contribution in [0.1, 0.15) is 10.4 Å². The molecule has 0 unspecified atom stereocenters. The highest BCUT2D eigenvalue weighted by Gasteiger charge is 2.10. The van der Waals surface area contributed by atoms with Crippen molar-refractivity contribution in [2.75, 3.05) is 33.7 Å². The van der Waals surface area contributed by atoms with Crippen molar-refractivity contribution in [1.82, 2.24) is 15.5 Å². The average molecular weight is 328 g/mol. The van der Waals surface area contributed by atoms with Crippen LogP contribution in [0.15, 0.2) is 28.7 Å². The molecular weight excluding hydrogens is 310 g/mol. The van der Waals surface area contributed by atoms with E-state index in [0.29, 0.717) is 16.6 Å². The fourth-order valence-electron chi connectivity index (χ4n) is 1.38. The summed E-state index contributed by atoms with van der Waals surface area (Å²) in [6, 6.07) is 7.08. The summed E-state index contributed by atoms with van der Waals surface area (Å²) in [6.07, 6.45) is 0. The first kappa shape index (κ1) is 15.7. The zero-order chi connectivity index (χ0) is 14.3. The molecule has 0 fully saturated rings. The maximum Gasteiger partial charge on any atom is 0.252 e. The molecule has 104 valence electrons. The molecule has 0 radical (unpaired) electrons. The Hall–Kier alpha value is -1.40. The Kier molecular flexibility index (Phi) is 6.52. The number of nitrogens with one attached hydrogen (secondary N) is 2. The Morgan fingerprint density at radius 3 is 2.53 bits per heavy atom. The number of carbonyl (C=O) groups excluding carboxylic acids is 2. The van der Waals surface area contributed by atoms with Crippen molar-refractivity contribution in [2.45, 2.75) is 0 Å². The highest BCUT2D eigenvalue weighted by molar-refractivity contribution is 9.10. The van der Waals surface area contributed by atoms with E-state index >= 15 is 0 Å². The molecule has 2 N–H and O–H groups in total. The van der Waals surface area contributed by atoms with Gasteiger partial charge >= 0.3 is 0 Å². The van der Waals surface area contributed by atoms with Crippen molar-refractivity contribution < 1.29 is 9.59 Å². The second kappa shape index (κ2) is 7.91. The predicted octanol–water partition coefficient (Wildman–Crippen LogP) is 0.857. The number of benzene rings is 1. The molecule has 0 heterocycles. The molecule has 0 saturated carbocycles. The standard InChI is InChI=1S/C13H18BrN3O2/c1-17(2)8-7-15-12(18)9-16-13(19)10-5-3-4-6-11(10)14/h3-6H,7-9H2,1-2H3,(H,15,18)(H,16,19). The van der Waals surface area contributed by atoms with Crippen LogP contribution in [0, 0.1) is 0 Å². The Bertz CT molecular complexity index is 449. The molecule has 0 aliphatic rings. The summed E-state index contributed by atoms with van der Waals surface area (Å²) in [5.74, 6) is -0.461. The van der Waals surface area contributed by atoms with Gasteiger partial charge in [0.15, 0.2) is 0 Å². The van der Waals surface area contributed by atoms with E-state index in [0.717, 1.165) is 6.54 Å². The van der Waals surface area contributed by atoms with Crippen LogP contribution in [0.25, 0.3) is 0 Å². The molecule has 1 rings (SSSR count). The molecule has 0 aromatic heterocycles. The smallest absolute Gasteiger partial charge is 0.252 e. The average Bonchev–Trinajstić information content (AvgIpc) is 2.36. The highest BCUT2D eigenvalue weighted by Crippen LogP contribution is 2.15. The summed E-state index contributed by atoms with van der Waals surface area (Å²) >= 11 is 3.29. The van der Waals surface area contributed by atoms with Crippen molar-refractivity contribution in [3.8, 4) is 0 Å². The van der Waals surface area contributed by atoms with Crippen LogP contribution in [-0.4, -0.2) is 50.4 Å². The second-order valence-corrected chi connectivity index (χ2v) is 5.17. The SMILES string of the molecule is CN(C)CCNC(=O)CNC(=O)c1ccccc1Br. The Balaban J connectivity index is 2.34. The zero-order valence-corrected chi connectivity index (χ0v) is 12.7. The number of amides is 2. The third kappa shape index (κ3) is 5.85. The maximum atomic E-state index is 11.8. The van der Waals surface area contributed by atoms with E-state index < -0.39 is 0 Å². The minimum Gasteiger partial charge on any atom is -0.353 e. The van der Waals surface area contributed by atoms with Gasteiger partial charge < -0.3 is 15.5 Å². The third-order valence-electron chi connectivity index (χ3n) is 2.41.